The Morgan fingerprint density at radius 3 is 3.00 bits per heavy atom. The van der Waals surface area contributed by atoms with Crippen molar-refractivity contribution in [3.05, 3.63) is 23.5 Å². The van der Waals surface area contributed by atoms with Crippen LogP contribution in [0.25, 0.3) is 0 Å². The van der Waals surface area contributed by atoms with Crippen molar-refractivity contribution in [1.82, 2.24) is 10.4 Å². The van der Waals surface area contributed by atoms with Gasteiger partial charge in [-0.1, -0.05) is 11.6 Å². The average Bonchev–Trinajstić information content (AvgIpc) is 1.93. The van der Waals surface area contributed by atoms with Gasteiger partial charge >= 0.3 is 5.97 Å². The molecule has 0 saturated heterocycles. The van der Waals surface area contributed by atoms with E-state index in [1.807, 2.05) is 0 Å². The molecule has 0 unspecified atom stereocenters. The normalized spacial score (nSPS) is 15.7. The van der Waals surface area contributed by atoms with E-state index in [0.717, 1.165) is 0 Å². The lowest BCUT2D eigenvalue weighted by Crippen LogP contribution is -2.35. The lowest BCUT2D eigenvalue weighted by molar-refractivity contribution is -0.138. The van der Waals surface area contributed by atoms with Crippen LogP contribution in [0.1, 0.15) is 0 Å². The monoisotopic (exact) mass is 174 g/mol. The first-order valence-electron chi connectivity index (χ1n) is 2.97. The zero-order valence-corrected chi connectivity index (χ0v) is 6.38. The van der Waals surface area contributed by atoms with Gasteiger partial charge in [-0.15, -0.1) is 0 Å². The van der Waals surface area contributed by atoms with Gasteiger partial charge < -0.3 is 10.5 Å². The second-order valence-electron chi connectivity index (χ2n) is 2.00. The Labute approximate surface area is 68.7 Å². The molecule has 11 heavy (non-hydrogen) atoms. The summed E-state index contributed by atoms with van der Waals surface area (Å²) in [5.41, 5.74) is 2.67. The Morgan fingerprint density at radius 1 is 1.82 bits per heavy atom. The van der Waals surface area contributed by atoms with E-state index in [-0.39, 0.29) is 6.54 Å². The molecule has 5 heteroatoms. The zero-order chi connectivity index (χ0) is 8.27. The van der Waals surface area contributed by atoms with Crippen LogP contribution in [0.2, 0.25) is 0 Å². The Hall–Kier alpha value is -1.16. The molecule has 0 aliphatic carbocycles. The van der Waals surface area contributed by atoms with Crippen molar-refractivity contribution < 1.29 is 9.90 Å². The highest BCUT2D eigenvalue weighted by Crippen LogP contribution is 2.06. The number of aliphatic carboxylic acids is 1. The predicted octanol–water partition coefficient (Wildman–Crippen LogP) is 0.485. The molecule has 0 amide bonds. The van der Waals surface area contributed by atoms with E-state index < -0.39 is 5.97 Å². The zero-order valence-electron chi connectivity index (χ0n) is 5.62. The predicted molar refractivity (Wildman–Crippen MR) is 40.6 cm³/mol. The molecule has 1 aliphatic heterocycles. The number of nitrogens with zero attached hydrogens (tertiary/aromatic N) is 1. The number of hydrogen-bond acceptors (Lipinski definition) is 3. The highest BCUT2D eigenvalue weighted by atomic mass is 35.5. The van der Waals surface area contributed by atoms with Crippen molar-refractivity contribution in [1.29, 1.82) is 0 Å². The van der Waals surface area contributed by atoms with Gasteiger partial charge in [-0.2, -0.15) is 0 Å². The topological polar surface area (TPSA) is 52.6 Å². The Kier molecular flexibility index (Phi) is 2.38. The molecule has 4 nitrogen and oxygen atoms in total. The molecule has 0 saturated carbocycles. The van der Waals surface area contributed by atoms with Gasteiger partial charge in [0.1, 0.15) is 6.54 Å². The number of hydrazine groups is 1. The molecule has 1 heterocycles. The first-order valence-corrected chi connectivity index (χ1v) is 3.35. The second kappa shape index (κ2) is 3.30. The smallest absolute Gasteiger partial charge is 0.325 e. The molecule has 0 bridgehead atoms. The first kappa shape index (κ1) is 7.94. The number of halogens is 1. The van der Waals surface area contributed by atoms with E-state index >= 15 is 0 Å². The number of carbonyl (C=O) groups is 1. The van der Waals surface area contributed by atoms with Crippen LogP contribution in [0, 0.1) is 0 Å². The third kappa shape index (κ3) is 2.51. The molecule has 0 fully saturated rings. The standard InChI is InChI=1S/C6H7ClN2O2/c7-5-1-2-9(8-3-5)4-6(10)11/h1-3,8H,4H2,(H,10,11). The summed E-state index contributed by atoms with van der Waals surface area (Å²) in [6, 6.07) is 0. The summed E-state index contributed by atoms with van der Waals surface area (Å²) < 4.78 is 0. The first-order chi connectivity index (χ1) is 5.18. The van der Waals surface area contributed by atoms with E-state index in [4.69, 9.17) is 16.7 Å². The molecule has 0 aromatic carbocycles. The van der Waals surface area contributed by atoms with Gasteiger partial charge in [-0.3, -0.25) is 9.80 Å². The van der Waals surface area contributed by atoms with Crippen LogP contribution >= 0.6 is 11.6 Å². The van der Waals surface area contributed by atoms with Gasteiger partial charge in [-0.05, 0) is 6.08 Å². The fourth-order valence-electron chi connectivity index (χ4n) is 0.641. The van der Waals surface area contributed by atoms with Crippen LogP contribution < -0.4 is 5.43 Å². The van der Waals surface area contributed by atoms with Gasteiger partial charge in [0, 0.05) is 12.4 Å². The molecule has 0 atom stereocenters. The van der Waals surface area contributed by atoms with Crippen LogP contribution in [0.15, 0.2) is 23.5 Å². The minimum absolute atomic E-state index is 0.0861. The van der Waals surface area contributed by atoms with Crippen molar-refractivity contribution in [3.8, 4) is 0 Å². The largest absolute Gasteiger partial charge is 0.480 e. The lowest BCUT2D eigenvalue weighted by atomic mass is 10.5. The molecule has 0 radical (unpaired) electrons. The van der Waals surface area contributed by atoms with Gasteiger partial charge in [0.25, 0.3) is 0 Å². The van der Waals surface area contributed by atoms with E-state index in [1.54, 1.807) is 12.3 Å². The van der Waals surface area contributed by atoms with Crippen LogP contribution in [0.3, 0.4) is 0 Å². The summed E-state index contributed by atoms with van der Waals surface area (Å²) in [6.45, 7) is -0.0861. The second-order valence-corrected chi connectivity index (χ2v) is 2.43. The number of allylic oxidation sites excluding steroid dienone is 2. The minimum atomic E-state index is -0.895. The summed E-state index contributed by atoms with van der Waals surface area (Å²) >= 11 is 5.56. The average molecular weight is 175 g/mol. The number of nitrogens with one attached hydrogen (secondary N) is 1. The summed E-state index contributed by atoms with van der Waals surface area (Å²) in [6.07, 6.45) is 4.70. The fourth-order valence-corrected chi connectivity index (χ4v) is 0.746. The Balaban J connectivity index is 2.43. The molecule has 1 aliphatic rings. The van der Waals surface area contributed by atoms with E-state index in [2.05, 4.69) is 5.43 Å². The third-order valence-corrected chi connectivity index (χ3v) is 1.32. The summed E-state index contributed by atoms with van der Waals surface area (Å²) in [5, 5.41) is 10.3. The van der Waals surface area contributed by atoms with Crippen molar-refractivity contribution in [2.45, 2.75) is 0 Å². The van der Waals surface area contributed by atoms with Crippen LogP contribution in [-0.2, 0) is 4.79 Å². The molecular formula is C6H7ClN2O2. The van der Waals surface area contributed by atoms with Crippen LogP contribution in [0.5, 0.6) is 0 Å². The number of hydrogen-bond donors (Lipinski definition) is 2. The van der Waals surface area contributed by atoms with Gasteiger partial charge in [-0.25, -0.2) is 0 Å². The maximum atomic E-state index is 10.2. The molecule has 60 valence electrons. The summed E-state index contributed by atoms with van der Waals surface area (Å²) in [4.78, 5) is 10.2. The SMILES string of the molecule is O=C(O)CN1C=CC(Cl)=CN1. The molecule has 0 aromatic heterocycles. The fraction of sp³-hybridized carbons (Fsp3) is 0.167. The third-order valence-electron chi connectivity index (χ3n) is 1.09. The summed E-state index contributed by atoms with van der Waals surface area (Å²) in [7, 11) is 0. The highest BCUT2D eigenvalue weighted by Gasteiger charge is 2.05. The molecule has 0 spiro atoms. The number of carboxylic acids is 1. The number of rotatable bonds is 2. The summed E-state index contributed by atoms with van der Waals surface area (Å²) in [5.74, 6) is -0.895. The highest BCUT2D eigenvalue weighted by molar-refractivity contribution is 6.31. The van der Waals surface area contributed by atoms with E-state index in [1.165, 1.54) is 11.2 Å². The minimum Gasteiger partial charge on any atom is -0.480 e. The molecular weight excluding hydrogens is 168 g/mol. The maximum absolute atomic E-state index is 10.2. The van der Waals surface area contributed by atoms with Crippen molar-refractivity contribution in [3.63, 3.8) is 0 Å². The van der Waals surface area contributed by atoms with Gasteiger partial charge in [0.15, 0.2) is 0 Å². The van der Waals surface area contributed by atoms with E-state index in [9.17, 15) is 4.79 Å². The van der Waals surface area contributed by atoms with Gasteiger partial charge in [0.2, 0.25) is 0 Å². The van der Waals surface area contributed by atoms with Crippen LogP contribution in [0.4, 0.5) is 0 Å². The van der Waals surface area contributed by atoms with Crippen molar-refractivity contribution >= 4 is 17.6 Å². The molecule has 0 aromatic rings. The number of carboxylic acid groups (broad SMARTS) is 1. The maximum Gasteiger partial charge on any atom is 0.325 e. The van der Waals surface area contributed by atoms with Crippen molar-refractivity contribution in [2.75, 3.05) is 6.54 Å². The molecule has 2 N–H and O–H groups in total. The quantitative estimate of drug-likeness (QED) is 0.640. The molecule has 1 rings (SSSR count). The Morgan fingerprint density at radius 2 is 2.55 bits per heavy atom. The van der Waals surface area contributed by atoms with E-state index in [0.29, 0.717) is 5.03 Å². The van der Waals surface area contributed by atoms with Crippen LogP contribution in [-0.4, -0.2) is 22.6 Å². The van der Waals surface area contributed by atoms with Crippen molar-refractivity contribution in [2.24, 2.45) is 0 Å². The lowest BCUT2D eigenvalue weighted by Gasteiger charge is -2.20. The Bertz CT molecular complexity index is 225. The van der Waals surface area contributed by atoms with Gasteiger partial charge in [0.05, 0.1) is 5.03 Å².